The van der Waals surface area contributed by atoms with Crippen LogP contribution in [-0.2, 0) is 0 Å². The highest BCUT2D eigenvalue weighted by molar-refractivity contribution is 6.34. The van der Waals surface area contributed by atoms with Crippen LogP contribution in [0.15, 0.2) is 12.1 Å². The number of rotatable bonds is 3. The second kappa shape index (κ2) is 4.81. The van der Waals surface area contributed by atoms with E-state index in [1.165, 1.54) is 0 Å². The average molecular weight is 270 g/mol. The van der Waals surface area contributed by atoms with Crippen molar-refractivity contribution in [3.05, 3.63) is 32.8 Å². The monoisotopic (exact) mass is 269 g/mol. The van der Waals surface area contributed by atoms with Gasteiger partial charge in [0.05, 0.1) is 21.2 Å². The molecule has 1 fully saturated rings. The molecular weight excluding hydrogens is 258 g/mol. The van der Waals surface area contributed by atoms with Crippen molar-refractivity contribution >= 4 is 28.9 Å². The predicted molar refractivity (Wildman–Crippen MR) is 67.6 cm³/mol. The van der Waals surface area contributed by atoms with Crippen molar-refractivity contribution in [3.8, 4) is 0 Å². The summed E-state index contributed by atoms with van der Waals surface area (Å²) in [4.78, 5) is 22.0. The topological polar surface area (TPSA) is 98.3 Å². The van der Waals surface area contributed by atoms with Gasteiger partial charge < -0.3 is 11.1 Å². The van der Waals surface area contributed by atoms with Crippen LogP contribution in [-0.4, -0.2) is 16.9 Å². The lowest BCUT2D eigenvalue weighted by Gasteiger charge is -2.26. The maximum absolute atomic E-state index is 11.9. The summed E-state index contributed by atoms with van der Waals surface area (Å²) < 4.78 is 0. The molecule has 0 aromatic heterocycles. The molecule has 18 heavy (non-hydrogen) atoms. The van der Waals surface area contributed by atoms with Crippen LogP contribution < -0.4 is 11.1 Å². The summed E-state index contributed by atoms with van der Waals surface area (Å²) >= 11 is 5.78. The Bertz CT molecular complexity index is 515. The first-order valence-electron chi connectivity index (χ1n) is 5.53. The molecule has 1 aromatic carbocycles. The predicted octanol–water partition coefficient (Wildman–Crippen LogP) is 2.11. The lowest BCUT2D eigenvalue weighted by Crippen LogP contribution is -2.39. The first kappa shape index (κ1) is 12.6. The maximum atomic E-state index is 11.9. The van der Waals surface area contributed by atoms with Crippen LogP contribution in [0.2, 0.25) is 5.02 Å². The van der Waals surface area contributed by atoms with E-state index in [-0.39, 0.29) is 28.0 Å². The first-order chi connectivity index (χ1) is 8.49. The Labute approximate surface area is 108 Å². The van der Waals surface area contributed by atoms with Gasteiger partial charge in [-0.1, -0.05) is 11.6 Å². The number of nitro groups is 1. The molecule has 2 rings (SSSR count). The molecule has 0 radical (unpaired) electrons. The van der Waals surface area contributed by atoms with Crippen molar-refractivity contribution in [2.75, 3.05) is 5.73 Å². The number of halogens is 1. The molecule has 0 spiro atoms. The van der Waals surface area contributed by atoms with Crippen LogP contribution >= 0.6 is 11.6 Å². The molecular formula is C11H12ClN3O3. The molecule has 96 valence electrons. The SMILES string of the molecule is Nc1c(Cl)cc([N+](=O)[O-])cc1C(=O)NC1CCC1. The van der Waals surface area contributed by atoms with E-state index in [2.05, 4.69) is 5.32 Å². The van der Waals surface area contributed by atoms with Crippen LogP contribution in [0.4, 0.5) is 11.4 Å². The molecule has 0 aliphatic heterocycles. The Kier molecular flexibility index (Phi) is 3.38. The fourth-order valence-electron chi connectivity index (χ4n) is 1.71. The summed E-state index contributed by atoms with van der Waals surface area (Å²) in [5, 5.41) is 13.5. The summed E-state index contributed by atoms with van der Waals surface area (Å²) in [6, 6.07) is 2.42. The highest BCUT2D eigenvalue weighted by Crippen LogP contribution is 2.29. The Balaban J connectivity index is 2.29. The second-order valence-corrected chi connectivity index (χ2v) is 4.65. The summed E-state index contributed by atoms with van der Waals surface area (Å²) in [6.07, 6.45) is 2.93. The van der Waals surface area contributed by atoms with Crippen molar-refractivity contribution in [2.45, 2.75) is 25.3 Å². The molecule has 1 amide bonds. The molecule has 7 heteroatoms. The number of carbonyl (C=O) groups excluding carboxylic acids is 1. The molecule has 3 N–H and O–H groups in total. The molecule has 1 aliphatic rings. The number of nitrogens with two attached hydrogens (primary N) is 1. The van der Waals surface area contributed by atoms with E-state index >= 15 is 0 Å². The van der Waals surface area contributed by atoms with Crippen molar-refractivity contribution in [1.82, 2.24) is 5.32 Å². The number of benzene rings is 1. The molecule has 0 heterocycles. The van der Waals surface area contributed by atoms with Crippen LogP contribution in [0.25, 0.3) is 0 Å². The number of anilines is 1. The fourth-order valence-corrected chi connectivity index (χ4v) is 1.93. The van der Waals surface area contributed by atoms with Gasteiger partial charge in [-0.25, -0.2) is 0 Å². The number of hydrogen-bond acceptors (Lipinski definition) is 4. The summed E-state index contributed by atoms with van der Waals surface area (Å²) in [7, 11) is 0. The number of nitrogens with zero attached hydrogens (tertiary/aromatic N) is 1. The van der Waals surface area contributed by atoms with Crippen molar-refractivity contribution in [2.24, 2.45) is 0 Å². The largest absolute Gasteiger partial charge is 0.397 e. The zero-order valence-electron chi connectivity index (χ0n) is 9.48. The van der Waals surface area contributed by atoms with Gasteiger partial charge in [0.1, 0.15) is 0 Å². The van der Waals surface area contributed by atoms with Gasteiger partial charge in [-0.05, 0) is 19.3 Å². The van der Waals surface area contributed by atoms with Gasteiger partial charge >= 0.3 is 0 Å². The van der Waals surface area contributed by atoms with E-state index in [9.17, 15) is 14.9 Å². The molecule has 6 nitrogen and oxygen atoms in total. The Hall–Kier alpha value is -1.82. The van der Waals surface area contributed by atoms with Gasteiger partial charge in [0.25, 0.3) is 11.6 Å². The number of amides is 1. The van der Waals surface area contributed by atoms with E-state index in [1.807, 2.05) is 0 Å². The highest BCUT2D eigenvalue weighted by Gasteiger charge is 2.23. The number of carbonyl (C=O) groups is 1. The molecule has 1 aliphatic carbocycles. The van der Waals surface area contributed by atoms with Crippen LogP contribution in [0.3, 0.4) is 0 Å². The minimum absolute atomic E-state index is 0.0166. The molecule has 1 aromatic rings. The molecule has 0 unspecified atom stereocenters. The van der Waals surface area contributed by atoms with Gasteiger partial charge in [-0.3, -0.25) is 14.9 Å². The standard InChI is InChI=1S/C11H12ClN3O3/c12-9-5-7(15(17)18)4-8(10(9)13)11(16)14-6-2-1-3-6/h4-6H,1-3,13H2,(H,14,16). The Morgan fingerprint density at radius 2 is 2.17 bits per heavy atom. The van der Waals surface area contributed by atoms with Crippen LogP contribution in [0, 0.1) is 10.1 Å². The highest BCUT2D eigenvalue weighted by atomic mass is 35.5. The third-order valence-electron chi connectivity index (χ3n) is 3.01. The third-order valence-corrected chi connectivity index (χ3v) is 3.32. The van der Waals surface area contributed by atoms with E-state index in [4.69, 9.17) is 17.3 Å². The van der Waals surface area contributed by atoms with Crippen molar-refractivity contribution in [3.63, 3.8) is 0 Å². The number of nitrogens with one attached hydrogen (secondary N) is 1. The Morgan fingerprint density at radius 1 is 1.50 bits per heavy atom. The van der Waals surface area contributed by atoms with Crippen LogP contribution in [0.5, 0.6) is 0 Å². The van der Waals surface area contributed by atoms with Crippen molar-refractivity contribution < 1.29 is 9.72 Å². The quantitative estimate of drug-likeness (QED) is 0.499. The zero-order chi connectivity index (χ0) is 13.3. The normalized spacial score (nSPS) is 14.9. The molecule has 0 atom stereocenters. The van der Waals surface area contributed by atoms with Gasteiger partial charge in [0.15, 0.2) is 0 Å². The van der Waals surface area contributed by atoms with E-state index < -0.39 is 10.8 Å². The van der Waals surface area contributed by atoms with Gasteiger partial charge in [0, 0.05) is 18.2 Å². The van der Waals surface area contributed by atoms with E-state index in [0.29, 0.717) is 0 Å². The second-order valence-electron chi connectivity index (χ2n) is 4.25. The molecule has 0 bridgehead atoms. The lowest BCUT2D eigenvalue weighted by atomic mass is 9.93. The average Bonchev–Trinajstić information content (AvgIpc) is 2.26. The number of nitro benzene ring substituents is 1. The van der Waals surface area contributed by atoms with Gasteiger partial charge in [0.2, 0.25) is 0 Å². The first-order valence-corrected chi connectivity index (χ1v) is 5.91. The minimum Gasteiger partial charge on any atom is -0.397 e. The number of hydrogen-bond donors (Lipinski definition) is 2. The minimum atomic E-state index is -0.606. The zero-order valence-corrected chi connectivity index (χ0v) is 10.2. The van der Waals surface area contributed by atoms with Gasteiger partial charge in [-0.15, -0.1) is 0 Å². The van der Waals surface area contributed by atoms with E-state index in [0.717, 1.165) is 31.4 Å². The number of non-ortho nitro benzene ring substituents is 1. The third kappa shape index (κ3) is 2.38. The lowest BCUT2D eigenvalue weighted by molar-refractivity contribution is -0.384. The summed E-state index contributed by atoms with van der Waals surface area (Å²) in [5.74, 6) is -0.414. The summed E-state index contributed by atoms with van der Waals surface area (Å²) in [6.45, 7) is 0. The fraction of sp³-hybridized carbons (Fsp3) is 0.364. The van der Waals surface area contributed by atoms with E-state index in [1.54, 1.807) is 0 Å². The molecule has 0 saturated heterocycles. The van der Waals surface area contributed by atoms with Crippen molar-refractivity contribution in [1.29, 1.82) is 0 Å². The van der Waals surface area contributed by atoms with Gasteiger partial charge in [-0.2, -0.15) is 0 Å². The summed E-state index contributed by atoms with van der Waals surface area (Å²) in [5.41, 5.74) is 5.55. The number of nitrogen functional groups attached to an aromatic ring is 1. The smallest absolute Gasteiger partial charge is 0.271 e. The Morgan fingerprint density at radius 3 is 2.67 bits per heavy atom. The molecule has 1 saturated carbocycles. The van der Waals surface area contributed by atoms with Crippen LogP contribution in [0.1, 0.15) is 29.6 Å². The maximum Gasteiger partial charge on any atom is 0.271 e.